The summed E-state index contributed by atoms with van der Waals surface area (Å²) in [6, 6.07) is 13.2. The summed E-state index contributed by atoms with van der Waals surface area (Å²) in [6.45, 7) is 17.0. The van der Waals surface area contributed by atoms with E-state index in [0.717, 1.165) is 33.0 Å². The van der Waals surface area contributed by atoms with Crippen molar-refractivity contribution in [2.75, 3.05) is 11.9 Å². The third kappa shape index (κ3) is 7.00. The molecule has 0 unspecified atom stereocenters. The molecule has 204 valence electrons. The zero-order valence-corrected chi connectivity index (χ0v) is 24.7. The molecule has 0 radical (unpaired) electrons. The fourth-order valence-corrected chi connectivity index (χ4v) is 4.58. The van der Waals surface area contributed by atoms with Gasteiger partial charge in [-0.2, -0.15) is 0 Å². The topological polar surface area (TPSA) is 97.1 Å². The summed E-state index contributed by atoms with van der Waals surface area (Å²) in [4.78, 5) is 30.6. The normalized spacial score (nSPS) is 11.9. The van der Waals surface area contributed by atoms with Crippen LogP contribution in [0.2, 0.25) is 0 Å². The minimum atomic E-state index is -0.310. The molecule has 2 N–H and O–H groups in total. The Morgan fingerprint density at radius 1 is 0.923 bits per heavy atom. The van der Waals surface area contributed by atoms with Gasteiger partial charge in [0.25, 0.3) is 11.8 Å². The molecule has 8 heteroatoms. The van der Waals surface area contributed by atoms with Crippen LogP contribution in [0.15, 0.2) is 52.4 Å². The van der Waals surface area contributed by atoms with Crippen molar-refractivity contribution in [3.63, 3.8) is 0 Å². The number of thiazole rings is 1. The Bertz CT molecular complexity index is 1520. The third-order valence-electron chi connectivity index (χ3n) is 6.26. The van der Waals surface area contributed by atoms with Gasteiger partial charge in [0.1, 0.15) is 5.69 Å². The maximum atomic E-state index is 13.4. The van der Waals surface area contributed by atoms with Gasteiger partial charge >= 0.3 is 0 Å². The Labute approximate surface area is 234 Å². The molecule has 2 aromatic heterocycles. The SMILES string of the molecule is Cc1nc(-c2cc(C(=O)Nc3ccc(C)c(-c4cc(C(=O)NCC(C)(C)C)on4)c3)cc(C(C)(C)C)c2)cs1. The molecule has 39 heavy (non-hydrogen) atoms. The molecule has 7 nitrogen and oxygen atoms in total. The van der Waals surface area contributed by atoms with E-state index in [0.29, 0.717) is 23.5 Å². The van der Waals surface area contributed by atoms with E-state index < -0.39 is 0 Å². The lowest BCUT2D eigenvalue weighted by molar-refractivity contribution is 0.0902. The summed E-state index contributed by atoms with van der Waals surface area (Å²) in [5, 5.41) is 13.0. The van der Waals surface area contributed by atoms with Gasteiger partial charge in [-0.3, -0.25) is 9.59 Å². The molecular weight excluding hydrogens is 508 g/mol. The lowest BCUT2D eigenvalue weighted by Gasteiger charge is -2.21. The van der Waals surface area contributed by atoms with E-state index in [1.54, 1.807) is 17.4 Å². The highest BCUT2D eigenvalue weighted by molar-refractivity contribution is 7.09. The van der Waals surface area contributed by atoms with Crippen LogP contribution >= 0.6 is 11.3 Å². The van der Waals surface area contributed by atoms with Crippen LogP contribution in [0.25, 0.3) is 22.5 Å². The minimum Gasteiger partial charge on any atom is -0.350 e. The fourth-order valence-electron chi connectivity index (χ4n) is 3.96. The molecule has 0 saturated heterocycles. The van der Waals surface area contributed by atoms with E-state index in [4.69, 9.17) is 4.52 Å². The predicted octanol–water partition coefficient (Wildman–Crippen LogP) is 7.41. The lowest BCUT2D eigenvalue weighted by atomic mass is 9.84. The molecule has 4 rings (SSSR count). The smallest absolute Gasteiger partial charge is 0.289 e. The molecule has 0 aliphatic carbocycles. The molecule has 2 amide bonds. The Hall–Kier alpha value is -3.78. The van der Waals surface area contributed by atoms with Gasteiger partial charge in [-0.15, -0.1) is 11.3 Å². The van der Waals surface area contributed by atoms with Crippen molar-refractivity contribution >= 4 is 28.8 Å². The summed E-state index contributed by atoms with van der Waals surface area (Å²) in [7, 11) is 0. The quantitative estimate of drug-likeness (QED) is 0.263. The Morgan fingerprint density at radius 2 is 1.67 bits per heavy atom. The number of carbonyl (C=O) groups is 2. The second-order valence-corrected chi connectivity index (χ2v) is 13.2. The van der Waals surface area contributed by atoms with Gasteiger partial charge in [0.05, 0.1) is 10.7 Å². The van der Waals surface area contributed by atoms with Gasteiger partial charge in [0, 0.05) is 40.4 Å². The number of benzene rings is 2. The molecule has 0 spiro atoms. The average molecular weight is 545 g/mol. The summed E-state index contributed by atoms with van der Waals surface area (Å²) in [5.41, 5.74) is 6.07. The Morgan fingerprint density at radius 3 is 2.31 bits per heavy atom. The first-order valence-electron chi connectivity index (χ1n) is 12.9. The molecule has 0 saturated carbocycles. The number of hydrogen-bond acceptors (Lipinski definition) is 6. The number of rotatable bonds is 6. The maximum absolute atomic E-state index is 13.4. The highest BCUT2D eigenvalue weighted by Gasteiger charge is 2.21. The van der Waals surface area contributed by atoms with Crippen molar-refractivity contribution < 1.29 is 14.1 Å². The molecule has 0 atom stereocenters. The van der Waals surface area contributed by atoms with E-state index in [1.807, 2.05) is 70.3 Å². The number of aromatic nitrogens is 2. The number of nitrogens with one attached hydrogen (secondary N) is 2. The molecule has 0 fully saturated rings. The molecule has 4 aromatic rings. The van der Waals surface area contributed by atoms with Crippen LogP contribution in [-0.4, -0.2) is 28.5 Å². The average Bonchev–Trinajstić information content (AvgIpc) is 3.52. The number of nitrogens with zero attached hydrogens (tertiary/aromatic N) is 2. The van der Waals surface area contributed by atoms with Crippen LogP contribution < -0.4 is 10.6 Å². The standard InChI is InChI=1S/C31H36N4O3S/c1-18-9-10-23(14-24(18)25-15-27(38-35-25)29(37)32-17-30(3,4)5)34-28(36)21-11-20(26-16-39-19(2)33-26)12-22(13-21)31(6,7)8/h9-16H,17H2,1-8H3,(H,32,37)(H,34,36). The van der Waals surface area contributed by atoms with Crippen molar-refractivity contribution in [2.45, 2.75) is 60.8 Å². The van der Waals surface area contributed by atoms with Crippen LogP contribution in [0.4, 0.5) is 5.69 Å². The highest BCUT2D eigenvalue weighted by Crippen LogP contribution is 2.31. The molecule has 0 bridgehead atoms. The maximum Gasteiger partial charge on any atom is 0.289 e. The van der Waals surface area contributed by atoms with Crippen LogP contribution in [0, 0.1) is 19.3 Å². The Kier molecular flexibility index (Phi) is 7.80. The summed E-state index contributed by atoms with van der Waals surface area (Å²) >= 11 is 1.59. The first-order chi connectivity index (χ1) is 18.2. The number of anilines is 1. The van der Waals surface area contributed by atoms with E-state index in [-0.39, 0.29) is 28.4 Å². The van der Waals surface area contributed by atoms with Crippen LogP contribution in [0.3, 0.4) is 0 Å². The first-order valence-corrected chi connectivity index (χ1v) is 13.8. The monoisotopic (exact) mass is 544 g/mol. The van der Waals surface area contributed by atoms with E-state index >= 15 is 0 Å². The number of hydrogen-bond donors (Lipinski definition) is 2. The molecule has 2 heterocycles. The molecule has 2 aromatic carbocycles. The third-order valence-corrected chi connectivity index (χ3v) is 7.03. The van der Waals surface area contributed by atoms with Gasteiger partial charge < -0.3 is 15.2 Å². The number of carbonyl (C=O) groups excluding carboxylic acids is 2. The van der Waals surface area contributed by atoms with E-state index in [9.17, 15) is 9.59 Å². The van der Waals surface area contributed by atoms with E-state index in [2.05, 4.69) is 47.6 Å². The van der Waals surface area contributed by atoms with Crippen molar-refractivity contribution in [1.82, 2.24) is 15.5 Å². The Balaban J connectivity index is 1.59. The minimum absolute atomic E-state index is 0.0477. The largest absolute Gasteiger partial charge is 0.350 e. The lowest BCUT2D eigenvalue weighted by Crippen LogP contribution is -2.31. The zero-order chi connectivity index (χ0) is 28.5. The molecule has 0 aliphatic rings. The zero-order valence-electron chi connectivity index (χ0n) is 23.9. The molecular formula is C31H36N4O3S. The molecule has 0 aliphatic heterocycles. The summed E-state index contributed by atoms with van der Waals surface area (Å²) in [5.74, 6) is -0.381. The first kappa shape index (κ1) is 28.2. The van der Waals surface area contributed by atoms with Crippen molar-refractivity contribution in [2.24, 2.45) is 5.41 Å². The highest BCUT2D eigenvalue weighted by atomic mass is 32.1. The fraction of sp³-hybridized carbons (Fsp3) is 0.355. The predicted molar refractivity (Wildman–Crippen MR) is 157 cm³/mol. The summed E-state index contributed by atoms with van der Waals surface area (Å²) < 4.78 is 5.34. The van der Waals surface area contributed by atoms with Crippen LogP contribution in [0.1, 0.15) is 78.6 Å². The summed E-state index contributed by atoms with van der Waals surface area (Å²) in [6.07, 6.45) is 0. The number of amides is 2. The van der Waals surface area contributed by atoms with Gasteiger partial charge in [-0.05, 0) is 66.1 Å². The second-order valence-electron chi connectivity index (χ2n) is 12.1. The van der Waals surface area contributed by atoms with Crippen LogP contribution in [0.5, 0.6) is 0 Å². The van der Waals surface area contributed by atoms with Crippen LogP contribution in [-0.2, 0) is 5.41 Å². The number of aryl methyl sites for hydroxylation is 2. The van der Waals surface area contributed by atoms with Gasteiger partial charge in [0.2, 0.25) is 5.76 Å². The van der Waals surface area contributed by atoms with Crippen molar-refractivity contribution in [3.05, 3.63) is 75.3 Å². The van der Waals surface area contributed by atoms with E-state index in [1.165, 1.54) is 0 Å². The van der Waals surface area contributed by atoms with Crippen molar-refractivity contribution in [1.29, 1.82) is 0 Å². The van der Waals surface area contributed by atoms with Gasteiger partial charge in [-0.25, -0.2) is 4.98 Å². The van der Waals surface area contributed by atoms with Gasteiger partial charge in [-0.1, -0.05) is 52.8 Å². The van der Waals surface area contributed by atoms with Gasteiger partial charge in [0.15, 0.2) is 0 Å². The van der Waals surface area contributed by atoms with Crippen molar-refractivity contribution in [3.8, 4) is 22.5 Å². The second kappa shape index (κ2) is 10.8.